The lowest BCUT2D eigenvalue weighted by Crippen LogP contribution is -2.14. The standard InChI is InChI=1S/C33H50O8/c1-5-6-7-8-28-24-31(35)33(30-23-27(4)9-10-29(30)26(2)3)32(25-28)41-22-21-40-20-19-39-18-17-38-16-15-37-14-13-36-12-11-34/h9-10,23-25,34-35H,2,5-8,11-22H2,1,3-4H3. The van der Waals surface area contributed by atoms with E-state index >= 15 is 0 Å². The van der Waals surface area contributed by atoms with E-state index in [1.165, 1.54) is 0 Å². The largest absolute Gasteiger partial charge is 0.507 e. The van der Waals surface area contributed by atoms with Gasteiger partial charge in [-0.15, -0.1) is 0 Å². The predicted molar refractivity (Wildman–Crippen MR) is 163 cm³/mol. The smallest absolute Gasteiger partial charge is 0.131 e. The van der Waals surface area contributed by atoms with Gasteiger partial charge in [-0.3, -0.25) is 0 Å². The SMILES string of the molecule is C=C(C)c1ccc(C)cc1-c1c(O)cc(CCCCC)cc1OCCOCCOCCOCCOCCOCCO. The summed E-state index contributed by atoms with van der Waals surface area (Å²) in [6.45, 7) is 15.3. The fourth-order valence-electron chi connectivity index (χ4n) is 4.26. The summed E-state index contributed by atoms with van der Waals surface area (Å²) >= 11 is 0. The minimum absolute atomic E-state index is 0.0211. The average Bonchev–Trinajstić information content (AvgIpc) is 2.94. The van der Waals surface area contributed by atoms with Gasteiger partial charge in [0.2, 0.25) is 0 Å². The number of hydrogen-bond acceptors (Lipinski definition) is 8. The Labute approximate surface area is 246 Å². The van der Waals surface area contributed by atoms with Gasteiger partial charge < -0.3 is 38.6 Å². The Balaban J connectivity index is 1.78. The van der Waals surface area contributed by atoms with Crippen LogP contribution in [0.25, 0.3) is 16.7 Å². The number of aliphatic hydroxyl groups is 1. The third kappa shape index (κ3) is 13.8. The zero-order chi connectivity index (χ0) is 29.7. The van der Waals surface area contributed by atoms with Crippen molar-refractivity contribution in [3.8, 4) is 22.6 Å². The molecular weight excluding hydrogens is 524 g/mol. The highest BCUT2D eigenvalue weighted by Gasteiger charge is 2.18. The molecule has 0 aliphatic rings. The molecule has 2 rings (SSSR count). The van der Waals surface area contributed by atoms with Crippen LogP contribution in [0.15, 0.2) is 36.9 Å². The van der Waals surface area contributed by atoms with Gasteiger partial charge in [0.25, 0.3) is 0 Å². The highest BCUT2D eigenvalue weighted by Crippen LogP contribution is 2.42. The van der Waals surface area contributed by atoms with E-state index < -0.39 is 0 Å². The number of aromatic hydroxyl groups is 1. The predicted octanol–water partition coefficient (Wildman–Crippen LogP) is 5.59. The Bertz CT molecular complexity index is 1010. The second kappa shape index (κ2) is 21.3. The van der Waals surface area contributed by atoms with Gasteiger partial charge in [-0.05, 0) is 55.5 Å². The summed E-state index contributed by atoms with van der Waals surface area (Å²) in [4.78, 5) is 0. The first-order valence-electron chi connectivity index (χ1n) is 14.7. The number of phenols is 1. The normalized spacial score (nSPS) is 11.2. The molecule has 0 bridgehead atoms. The van der Waals surface area contributed by atoms with E-state index in [1.807, 2.05) is 26.0 Å². The fourth-order valence-corrected chi connectivity index (χ4v) is 4.26. The van der Waals surface area contributed by atoms with Gasteiger partial charge in [0.1, 0.15) is 18.1 Å². The van der Waals surface area contributed by atoms with Crippen LogP contribution in [0, 0.1) is 6.92 Å². The third-order valence-electron chi connectivity index (χ3n) is 6.32. The van der Waals surface area contributed by atoms with Crippen LogP contribution in [0.4, 0.5) is 0 Å². The van der Waals surface area contributed by atoms with Crippen LogP contribution in [0.3, 0.4) is 0 Å². The van der Waals surface area contributed by atoms with Gasteiger partial charge in [0, 0.05) is 0 Å². The van der Waals surface area contributed by atoms with Gasteiger partial charge in [0.15, 0.2) is 0 Å². The minimum Gasteiger partial charge on any atom is -0.507 e. The van der Waals surface area contributed by atoms with Crippen LogP contribution >= 0.6 is 0 Å². The van der Waals surface area contributed by atoms with Gasteiger partial charge in [-0.25, -0.2) is 0 Å². The molecule has 0 atom stereocenters. The van der Waals surface area contributed by atoms with Crippen molar-refractivity contribution in [1.82, 2.24) is 0 Å². The zero-order valence-electron chi connectivity index (χ0n) is 25.3. The van der Waals surface area contributed by atoms with Crippen molar-refractivity contribution >= 4 is 5.57 Å². The van der Waals surface area contributed by atoms with Crippen molar-refractivity contribution in [3.63, 3.8) is 0 Å². The molecule has 2 N–H and O–H groups in total. The number of aryl methyl sites for hydroxylation is 2. The van der Waals surface area contributed by atoms with Gasteiger partial charge in [-0.2, -0.15) is 0 Å². The molecule has 0 unspecified atom stereocenters. The molecule has 0 amide bonds. The number of allylic oxidation sites excluding steroid dienone is 1. The molecule has 0 saturated carbocycles. The summed E-state index contributed by atoms with van der Waals surface area (Å²) < 4.78 is 33.4. The molecule has 0 spiro atoms. The summed E-state index contributed by atoms with van der Waals surface area (Å²) in [6.07, 6.45) is 4.25. The lowest BCUT2D eigenvalue weighted by atomic mass is 9.91. The molecule has 0 aromatic heterocycles. The average molecular weight is 575 g/mol. The monoisotopic (exact) mass is 574 g/mol. The molecule has 0 heterocycles. The van der Waals surface area contributed by atoms with Crippen molar-refractivity contribution in [3.05, 3.63) is 53.6 Å². The number of aliphatic hydroxyl groups excluding tert-OH is 1. The van der Waals surface area contributed by atoms with E-state index in [9.17, 15) is 5.11 Å². The Morgan fingerprint density at radius 2 is 1.32 bits per heavy atom. The third-order valence-corrected chi connectivity index (χ3v) is 6.32. The van der Waals surface area contributed by atoms with E-state index in [2.05, 4.69) is 31.7 Å². The summed E-state index contributed by atoms with van der Waals surface area (Å²) in [5, 5.41) is 19.8. The molecule has 2 aromatic rings. The molecular formula is C33H50O8. The zero-order valence-corrected chi connectivity index (χ0v) is 25.3. The second-order valence-corrected chi connectivity index (χ2v) is 9.91. The number of ether oxygens (including phenoxy) is 6. The van der Waals surface area contributed by atoms with E-state index in [-0.39, 0.29) is 12.4 Å². The Morgan fingerprint density at radius 1 is 0.756 bits per heavy atom. The maximum atomic E-state index is 11.1. The molecule has 8 nitrogen and oxygen atoms in total. The molecule has 0 aliphatic heterocycles. The number of benzene rings is 2. The first-order valence-corrected chi connectivity index (χ1v) is 14.7. The fraction of sp³-hybridized carbons (Fsp3) is 0.576. The van der Waals surface area contributed by atoms with E-state index in [1.54, 1.807) is 0 Å². The molecule has 8 heteroatoms. The number of rotatable bonds is 24. The van der Waals surface area contributed by atoms with Gasteiger partial charge >= 0.3 is 0 Å². The number of phenolic OH excluding ortho intramolecular Hbond substituents is 1. The summed E-state index contributed by atoms with van der Waals surface area (Å²) in [5.41, 5.74) is 5.69. The lowest BCUT2D eigenvalue weighted by Gasteiger charge is -2.18. The highest BCUT2D eigenvalue weighted by molar-refractivity contribution is 5.86. The van der Waals surface area contributed by atoms with Crippen LogP contribution in [0.2, 0.25) is 0 Å². The molecule has 0 radical (unpaired) electrons. The van der Waals surface area contributed by atoms with Crippen molar-refractivity contribution < 1.29 is 38.6 Å². The highest BCUT2D eigenvalue weighted by atomic mass is 16.6. The second-order valence-electron chi connectivity index (χ2n) is 9.91. The van der Waals surface area contributed by atoms with Crippen LogP contribution in [0.5, 0.6) is 11.5 Å². The van der Waals surface area contributed by atoms with Crippen LogP contribution in [0.1, 0.15) is 49.8 Å². The van der Waals surface area contributed by atoms with E-state index in [0.717, 1.165) is 53.5 Å². The van der Waals surface area contributed by atoms with Crippen LogP contribution in [-0.4, -0.2) is 89.5 Å². The first kappa shape index (κ1) is 34.7. The molecule has 0 saturated heterocycles. The maximum absolute atomic E-state index is 11.1. The summed E-state index contributed by atoms with van der Waals surface area (Å²) in [5.74, 6) is 0.875. The van der Waals surface area contributed by atoms with Crippen molar-refractivity contribution in [1.29, 1.82) is 0 Å². The van der Waals surface area contributed by atoms with E-state index in [4.69, 9.17) is 33.5 Å². The van der Waals surface area contributed by atoms with Gasteiger partial charge in [0.05, 0.1) is 78.2 Å². The first-order chi connectivity index (χ1) is 20.0. The molecule has 0 aliphatic carbocycles. The Morgan fingerprint density at radius 3 is 1.85 bits per heavy atom. The summed E-state index contributed by atoms with van der Waals surface area (Å²) in [6, 6.07) is 10.1. The molecule has 41 heavy (non-hydrogen) atoms. The number of hydrogen-bond donors (Lipinski definition) is 2. The minimum atomic E-state index is 0.0211. The quantitative estimate of drug-likeness (QED) is 0.157. The Kier molecular flexibility index (Phi) is 18.0. The van der Waals surface area contributed by atoms with Crippen LogP contribution < -0.4 is 4.74 Å². The summed E-state index contributed by atoms with van der Waals surface area (Å²) in [7, 11) is 0. The Hall–Kier alpha value is -2.46. The van der Waals surface area contributed by atoms with Crippen molar-refractivity contribution in [2.24, 2.45) is 0 Å². The van der Waals surface area contributed by atoms with Crippen molar-refractivity contribution in [2.45, 2.75) is 46.5 Å². The maximum Gasteiger partial charge on any atom is 0.131 e. The number of unbranched alkanes of at least 4 members (excludes halogenated alkanes) is 2. The van der Waals surface area contributed by atoms with Crippen molar-refractivity contribution in [2.75, 3.05) is 79.3 Å². The molecule has 230 valence electrons. The molecule has 0 fully saturated rings. The van der Waals surface area contributed by atoms with E-state index in [0.29, 0.717) is 84.0 Å². The van der Waals surface area contributed by atoms with Gasteiger partial charge in [-0.1, -0.05) is 55.7 Å². The topological polar surface area (TPSA) is 95.8 Å². The molecule has 2 aromatic carbocycles. The lowest BCUT2D eigenvalue weighted by molar-refractivity contribution is -0.0146. The van der Waals surface area contributed by atoms with Crippen LogP contribution in [-0.2, 0) is 30.1 Å².